The molecule has 0 bridgehead atoms. The Morgan fingerprint density at radius 1 is 1.23 bits per heavy atom. The lowest BCUT2D eigenvalue weighted by atomic mass is 10.0. The molecule has 1 aromatic carbocycles. The summed E-state index contributed by atoms with van der Waals surface area (Å²) in [5.74, 6) is 0.531. The van der Waals surface area contributed by atoms with E-state index in [1.807, 2.05) is 38.7 Å². The lowest BCUT2D eigenvalue weighted by Crippen LogP contribution is -2.43. The van der Waals surface area contributed by atoms with Crippen molar-refractivity contribution in [3.63, 3.8) is 0 Å². The topological polar surface area (TPSA) is 29.5 Å². The summed E-state index contributed by atoms with van der Waals surface area (Å²) in [6.07, 6.45) is 1.49. The largest absolute Gasteiger partial charge is 0.487 e. The number of piperidine rings is 1. The quantitative estimate of drug-likeness (QED) is 0.842. The van der Waals surface area contributed by atoms with Crippen molar-refractivity contribution < 1.29 is 13.9 Å². The number of carbonyl (C=O) groups excluding carboxylic acids is 1. The second kappa shape index (κ2) is 7.12. The second-order valence-electron chi connectivity index (χ2n) is 6.64. The summed E-state index contributed by atoms with van der Waals surface area (Å²) in [5, 5.41) is 0. The maximum absolute atomic E-state index is 14.1. The molecule has 0 N–H and O–H groups in total. The third-order valence-corrected chi connectivity index (χ3v) is 4.16. The summed E-state index contributed by atoms with van der Waals surface area (Å²) < 4.78 is 19.9. The molecule has 122 valence electrons. The van der Waals surface area contributed by atoms with Gasteiger partial charge in [-0.2, -0.15) is 0 Å². The van der Waals surface area contributed by atoms with Crippen LogP contribution in [0.2, 0.25) is 0 Å². The Bertz CT molecular complexity index is 520. The Hall–Kier alpha value is -1.58. The number of halogens is 1. The summed E-state index contributed by atoms with van der Waals surface area (Å²) >= 11 is 0. The number of rotatable bonds is 4. The highest BCUT2D eigenvalue weighted by molar-refractivity contribution is 5.78. The minimum atomic E-state index is -0.299. The van der Waals surface area contributed by atoms with E-state index in [0.717, 1.165) is 18.4 Å². The van der Waals surface area contributed by atoms with Gasteiger partial charge in [0.25, 0.3) is 0 Å². The molecular formula is C18H26FNO2. The summed E-state index contributed by atoms with van der Waals surface area (Å²) in [7, 11) is 0. The van der Waals surface area contributed by atoms with Gasteiger partial charge in [-0.1, -0.05) is 33.8 Å². The molecule has 4 heteroatoms. The van der Waals surface area contributed by atoms with Gasteiger partial charge in [-0.15, -0.1) is 0 Å². The van der Waals surface area contributed by atoms with Gasteiger partial charge in [-0.25, -0.2) is 4.39 Å². The van der Waals surface area contributed by atoms with Crippen LogP contribution in [0, 0.1) is 11.7 Å². The predicted octanol–water partition coefficient (Wildman–Crippen LogP) is 3.97. The van der Waals surface area contributed by atoms with Crippen LogP contribution in [0.5, 0.6) is 5.75 Å². The summed E-state index contributed by atoms with van der Waals surface area (Å²) in [6.45, 7) is 9.28. The highest BCUT2D eigenvalue weighted by Crippen LogP contribution is 2.26. The molecule has 1 aliphatic heterocycles. The van der Waals surface area contributed by atoms with Gasteiger partial charge >= 0.3 is 0 Å². The van der Waals surface area contributed by atoms with E-state index in [-0.39, 0.29) is 23.7 Å². The standard InChI is InChI=1S/C18H26FNO2/c1-12(2)14-5-6-17(16(19)11-14)22-15-7-9-20(10-8-15)18(21)13(3)4/h5-6,11-13,15H,7-10H2,1-4H3. The maximum Gasteiger partial charge on any atom is 0.225 e. The van der Waals surface area contributed by atoms with Crippen LogP contribution >= 0.6 is 0 Å². The highest BCUT2D eigenvalue weighted by Gasteiger charge is 2.25. The van der Waals surface area contributed by atoms with Crippen molar-refractivity contribution in [2.45, 2.75) is 52.6 Å². The molecule has 1 aliphatic rings. The van der Waals surface area contributed by atoms with E-state index < -0.39 is 0 Å². The number of ether oxygens (including phenoxy) is 1. The molecule has 0 atom stereocenters. The SMILES string of the molecule is CC(C)C(=O)N1CCC(Oc2ccc(C(C)C)cc2F)CC1. The van der Waals surface area contributed by atoms with Crippen molar-refractivity contribution in [3.8, 4) is 5.75 Å². The molecule has 0 aliphatic carbocycles. The summed E-state index contributed by atoms with van der Waals surface area (Å²) in [6, 6.07) is 5.19. The Morgan fingerprint density at radius 2 is 1.86 bits per heavy atom. The second-order valence-corrected chi connectivity index (χ2v) is 6.64. The van der Waals surface area contributed by atoms with E-state index in [2.05, 4.69) is 0 Å². The molecule has 0 unspecified atom stereocenters. The van der Waals surface area contributed by atoms with Gasteiger partial charge in [0, 0.05) is 31.8 Å². The fourth-order valence-corrected chi connectivity index (χ4v) is 2.71. The molecule has 1 aromatic rings. The monoisotopic (exact) mass is 307 g/mol. The molecule has 3 nitrogen and oxygen atoms in total. The van der Waals surface area contributed by atoms with Crippen molar-refractivity contribution in [2.24, 2.45) is 5.92 Å². The first-order chi connectivity index (χ1) is 10.4. The molecule has 0 radical (unpaired) electrons. The summed E-state index contributed by atoms with van der Waals surface area (Å²) in [5.41, 5.74) is 0.974. The van der Waals surface area contributed by atoms with E-state index >= 15 is 0 Å². The van der Waals surface area contributed by atoms with Crippen LogP contribution in [0.25, 0.3) is 0 Å². The van der Waals surface area contributed by atoms with E-state index in [1.54, 1.807) is 12.1 Å². The number of amides is 1. The minimum absolute atomic E-state index is 0.0180. The maximum atomic E-state index is 14.1. The molecule has 22 heavy (non-hydrogen) atoms. The van der Waals surface area contributed by atoms with Gasteiger partial charge in [0.2, 0.25) is 5.91 Å². The van der Waals surface area contributed by atoms with Crippen LogP contribution in [-0.2, 0) is 4.79 Å². The van der Waals surface area contributed by atoms with E-state index in [1.165, 1.54) is 0 Å². The Morgan fingerprint density at radius 3 is 2.36 bits per heavy atom. The van der Waals surface area contributed by atoms with Gasteiger partial charge in [0.15, 0.2) is 11.6 Å². The van der Waals surface area contributed by atoms with Gasteiger partial charge in [-0.05, 0) is 23.6 Å². The first-order valence-corrected chi connectivity index (χ1v) is 8.13. The Labute approximate surface area is 132 Å². The first kappa shape index (κ1) is 16.8. The van der Waals surface area contributed by atoms with Gasteiger partial charge in [0.1, 0.15) is 6.10 Å². The molecule has 2 rings (SSSR count). The van der Waals surface area contributed by atoms with Crippen LogP contribution in [-0.4, -0.2) is 30.0 Å². The number of carbonyl (C=O) groups is 1. The Balaban J connectivity index is 1.92. The number of nitrogens with zero attached hydrogens (tertiary/aromatic N) is 1. The number of benzene rings is 1. The average Bonchev–Trinajstić information content (AvgIpc) is 2.49. The summed E-state index contributed by atoms with van der Waals surface area (Å²) in [4.78, 5) is 13.8. The fraction of sp³-hybridized carbons (Fsp3) is 0.611. The minimum Gasteiger partial charge on any atom is -0.487 e. The highest BCUT2D eigenvalue weighted by atomic mass is 19.1. The third kappa shape index (κ3) is 3.99. The van der Waals surface area contributed by atoms with Crippen LogP contribution in [0.4, 0.5) is 4.39 Å². The Kier molecular flexibility index (Phi) is 5.43. The van der Waals surface area contributed by atoms with Crippen molar-refractivity contribution in [1.82, 2.24) is 4.90 Å². The molecule has 0 spiro atoms. The molecule has 0 saturated carbocycles. The van der Waals surface area contributed by atoms with Crippen molar-refractivity contribution in [2.75, 3.05) is 13.1 Å². The zero-order valence-corrected chi connectivity index (χ0v) is 13.9. The van der Waals surface area contributed by atoms with Crippen molar-refractivity contribution in [3.05, 3.63) is 29.6 Å². The number of likely N-dealkylation sites (tertiary alicyclic amines) is 1. The van der Waals surface area contributed by atoms with E-state index in [4.69, 9.17) is 4.74 Å². The molecule has 1 fully saturated rings. The zero-order chi connectivity index (χ0) is 16.3. The van der Waals surface area contributed by atoms with Gasteiger partial charge in [-0.3, -0.25) is 4.79 Å². The number of hydrogen-bond donors (Lipinski definition) is 0. The molecule has 1 amide bonds. The molecule has 0 aromatic heterocycles. The number of hydrogen-bond acceptors (Lipinski definition) is 2. The lowest BCUT2D eigenvalue weighted by Gasteiger charge is -2.33. The first-order valence-electron chi connectivity index (χ1n) is 8.13. The van der Waals surface area contributed by atoms with Crippen LogP contribution in [0.1, 0.15) is 52.0 Å². The van der Waals surface area contributed by atoms with E-state index in [0.29, 0.717) is 24.8 Å². The molecular weight excluding hydrogens is 281 g/mol. The van der Waals surface area contributed by atoms with Gasteiger partial charge < -0.3 is 9.64 Å². The normalized spacial score (nSPS) is 16.4. The van der Waals surface area contributed by atoms with Gasteiger partial charge in [0.05, 0.1) is 0 Å². The molecule has 1 saturated heterocycles. The smallest absolute Gasteiger partial charge is 0.225 e. The van der Waals surface area contributed by atoms with Crippen molar-refractivity contribution >= 4 is 5.91 Å². The van der Waals surface area contributed by atoms with Crippen LogP contribution in [0.3, 0.4) is 0 Å². The van der Waals surface area contributed by atoms with Crippen LogP contribution < -0.4 is 4.74 Å². The molecule has 1 heterocycles. The predicted molar refractivity (Wildman–Crippen MR) is 85.6 cm³/mol. The van der Waals surface area contributed by atoms with E-state index in [9.17, 15) is 9.18 Å². The van der Waals surface area contributed by atoms with Crippen molar-refractivity contribution in [1.29, 1.82) is 0 Å². The zero-order valence-electron chi connectivity index (χ0n) is 13.9. The third-order valence-electron chi connectivity index (χ3n) is 4.16. The fourth-order valence-electron chi connectivity index (χ4n) is 2.71. The van der Waals surface area contributed by atoms with Crippen LogP contribution in [0.15, 0.2) is 18.2 Å². The lowest BCUT2D eigenvalue weighted by molar-refractivity contribution is -0.136. The average molecular weight is 307 g/mol.